The minimum absolute atomic E-state index is 0.0167. The van der Waals surface area contributed by atoms with Gasteiger partial charge in [-0.05, 0) is 59.1 Å². The van der Waals surface area contributed by atoms with Gasteiger partial charge in [0.1, 0.15) is 25.6 Å². The van der Waals surface area contributed by atoms with E-state index in [0.717, 1.165) is 11.2 Å². The molecule has 0 unspecified atom stereocenters. The molecule has 3 aromatic carbocycles. The zero-order valence-electron chi connectivity index (χ0n) is 34.4. The third-order valence-electron chi connectivity index (χ3n) is 10.8. The van der Waals surface area contributed by atoms with E-state index in [0.29, 0.717) is 26.9 Å². The number of ether oxygens (including phenoxy) is 2. The Morgan fingerprint density at radius 1 is 0.953 bits per heavy atom. The van der Waals surface area contributed by atoms with Gasteiger partial charge in [-0.25, -0.2) is 24.7 Å². The van der Waals surface area contributed by atoms with Crippen molar-refractivity contribution in [3.8, 4) is 28.6 Å². The number of aliphatic imine (C=N–C) groups is 1. The number of halogens is 6. The Labute approximate surface area is 368 Å². The molecule has 1 aliphatic heterocycles. The quantitative estimate of drug-likeness (QED) is 0.0886. The summed E-state index contributed by atoms with van der Waals surface area (Å²) in [5, 5.41) is 15.3. The number of carbonyl (C=O) groups is 3. The van der Waals surface area contributed by atoms with Gasteiger partial charge >= 0.3 is 24.8 Å². The standard InChI is InChI=1S/C44H39ClF5N9O5/c1-41(2,3)24-43(30-12-9-27(10-13-30)29-20-52-34(19-51)53-21-29)37(61)58(39(57-43)56-40(62)64-22-26-7-5-4-6-8-26)33(23-63-35(60)18-42(15-16-42)44(48,49)50)28-11-14-32(45)31(17-28)36-54-25-55-59(36)38(46)47/h4-14,17,20-21,25,33,38H,15-16,18,22-24H2,1-3H3,(H,56,57,62)/t33-,43-/m1/s1. The van der Waals surface area contributed by atoms with Gasteiger partial charge in [0.2, 0.25) is 11.8 Å². The second kappa shape index (κ2) is 17.8. The van der Waals surface area contributed by atoms with Crippen molar-refractivity contribution in [2.24, 2.45) is 15.8 Å². The molecule has 20 heteroatoms. The van der Waals surface area contributed by atoms with Crippen molar-refractivity contribution in [1.82, 2.24) is 34.9 Å². The number of hydrogen-bond acceptors (Lipinski definition) is 11. The van der Waals surface area contributed by atoms with E-state index in [1.165, 1.54) is 30.6 Å². The molecule has 332 valence electrons. The monoisotopic (exact) mass is 903 g/mol. The van der Waals surface area contributed by atoms with Crippen molar-refractivity contribution in [2.45, 2.75) is 77.4 Å². The predicted octanol–water partition coefficient (Wildman–Crippen LogP) is 9.10. The van der Waals surface area contributed by atoms with Gasteiger partial charge in [0.25, 0.3) is 5.91 Å². The number of benzene rings is 3. The van der Waals surface area contributed by atoms with Crippen molar-refractivity contribution in [2.75, 3.05) is 6.61 Å². The van der Waals surface area contributed by atoms with Crippen LogP contribution in [0.15, 0.2) is 96.5 Å². The van der Waals surface area contributed by atoms with E-state index < -0.39 is 66.1 Å². The molecule has 1 saturated carbocycles. The largest absolute Gasteiger partial charge is 0.463 e. The van der Waals surface area contributed by atoms with Crippen LogP contribution in [0.1, 0.15) is 81.6 Å². The Balaban J connectivity index is 1.35. The number of hydrogen-bond donors (Lipinski definition) is 1. The number of nitrogens with zero attached hydrogens (tertiary/aromatic N) is 8. The first-order valence-electron chi connectivity index (χ1n) is 19.8. The lowest BCUT2D eigenvalue weighted by Crippen LogP contribution is -2.49. The van der Waals surface area contributed by atoms with Crippen LogP contribution in [0.2, 0.25) is 5.02 Å². The van der Waals surface area contributed by atoms with Crippen molar-refractivity contribution in [1.29, 1.82) is 5.26 Å². The van der Waals surface area contributed by atoms with E-state index in [1.807, 2.05) is 26.8 Å². The minimum atomic E-state index is -4.68. The molecule has 0 radical (unpaired) electrons. The summed E-state index contributed by atoms with van der Waals surface area (Å²) < 4.78 is 81.5. The van der Waals surface area contributed by atoms with Crippen LogP contribution in [-0.4, -0.2) is 66.3 Å². The maximum Gasteiger partial charge on any atom is 0.414 e. The Morgan fingerprint density at radius 2 is 1.64 bits per heavy atom. The van der Waals surface area contributed by atoms with E-state index in [-0.39, 0.29) is 59.6 Å². The van der Waals surface area contributed by atoms with E-state index in [9.17, 15) is 31.5 Å². The van der Waals surface area contributed by atoms with E-state index in [2.05, 4.69) is 25.4 Å². The number of amides is 2. The molecule has 0 spiro atoms. The topological polar surface area (TPSA) is 178 Å². The normalized spacial score (nSPS) is 17.4. The summed E-state index contributed by atoms with van der Waals surface area (Å²) in [5.41, 5.74) is -2.56. The fourth-order valence-corrected chi connectivity index (χ4v) is 7.69. The lowest BCUT2D eigenvalue weighted by molar-refractivity contribution is -0.195. The number of rotatable bonds is 13. The molecule has 5 aromatic rings. The summed E-state index contributed by atoms with van der Waals surface area (Å²) in [5.74, 6) is -2.74. The minimum Gasteiger partial charge on any atom is -0.463 e. The summed E-state index contributed by atoms with van der Waals surface area (Å²) in [7, 11) is 0. The lowest BCUT2D eigenvalue weighted by atomic mass is 9.75. The highest BCUT2D eigenvalue weighted by molar-refractivity contribution is 6.33. The van der Waals surface area contributed by atoms with Crippen molar-refractivity contribution in [3.63, 3.8) is 0 Å². The van der Waals surface area contributed by atoms with Gasteiger partial charge in [-0.15, -0.1) is 0 Å². The van der Waals surface area contributed by atoms with Gasteiger partial charge in [0.05, 0.1) is 22.9 Å². The Kier molecular flexibility index (Phi) is 12.5. The highest BCUT2D eigenvalue weighted by Crippen LogP contribution is 2.60. The molecule has 2 amide bonds. The smallest absolute Gasteiger partial charge is 0.414 e. The average Bonchev–Trinajstić information content (AvgIpc) is 3.80. The van der Waals surface area contributed by atoms with Crippen LogP contribution in [0.4, 0.5) is 26.7 Å². The van der Waals surface area contributed by atoms with Crippen molar-refractivity contribution < 1.29 is 45.8 Å². The van der Waals surface area contributed by atoms with E-state index >= 15 is 4.79 Å². The van der Waals surface area contributed by atoms with Gasteiger partial charge in [-0.3, -0.25) is 19.8 Å². The molecule has 2 aromatic heterocycles. The first-order chi connectivity index (χ1) is 30.3. The molecule has 0 bridgehead atoms. The molecule has 2 atom stereocenters. The third-order valence-corrected chi connectivity index (χ3v) is 11.1. The number of guanidine groups is 1. The SMILES string of the molecule is CC(C)(C)C[C@]1(c2ccc(-c3cnc(C#N)nc3)cc2)N=C(NC(=O)OCc2ccccc2)N([C@H](COC(=O)CC2(C(F)(F)F)CC2)c2ccc(Cl)c(-c3ncnn3C(F)F)c2)C1=O. The van der Waals surface area contributed by atoms with Crippen LogP contribution in [-0.2, 0) is 31.2 Å². The molecule has 2 aliphatic rings. The molecule has 14 nitrogen and oxygen atoms in total. The molecule has 1 fully saturated rings. The molecule has 64 heavy (non-hydrogen) atoms. The maximum absolute atomic E-state index is 15.6. The maximum atomic E-state index is 15.6. The first-order valence-corrected chi connectivity index (χ1v) is 20.1. The number of esters is 1. The van der Waals surface area contributed by atoms with E-state index in [1.54, 1.807) is 54.6 Å². The number of alkyl halides is 5. The molecule has 1 aliphatic carbocycles. The lowest BCUT2D eigenvalue weighted by Gasteiger charge is -2.35. The van der Waals surface area contributed by atoms with Crippen LogP contribution in [0, 0.1) is 22.2 Å². The summed E-state index contributed by atoms with van der Waals surface area (Å²) in [6.07, 6.45) is -3.43. The van der Waals surface area contributed by atoms with Gasteiger partial charge < -0.3 is 9.47 Å². The Morgan fingerprint density at radius 3 is 2.25 bits per heavy atom. The highest BCUT2D eigenvalue weighted by Gasteiger charge is 2.64. The molecular weight excluding hydrogens is 865 g/mol. The second-order valence-corrected chi connectivity index (χ2v) is 17.0. The zero-order valence-corrected chi connectivity index (χ0v) is 35.2. The number of nitriles is 1. The molecular formula is C44H39ClF5N9O5. The van der Waals surface area contributed by atoms with Crippen molar-refractivity contribution >= 4 is 35.5 Å². The Bertz CT molecular complexity index is 2610. The second-order valence-electron chi connectivity index (χ2n) is 16.6. The fraction of sp³-hybridized carbons (Fsp3) is 0.341. The van der Waals surface area contributed by atoms with Crippen LogP contribution in [0.3, 0.4) is 0 Å². The van der Waals surface area contributed by atoms with Crippen LogP contribution in [0.5, 0.6) is 0 Å². The summed E-state index contributed by atoms with van der Waals surface area (Å²) in [6, 6.07) is 19.8. The van der Waals surface area contributed by atoms with Gasteiger partial charge in [0, 0.05) is 23.5 Å². The average molecular weight is 904 g/mol. The van der Waals surface area contributed by atoms with Crippen LogP contribution >= 0.6 is 11.6 Å². The first kappa shape index (κ1) is 45.2. The Hall–Kier alpha value is -6.81. The summed E-state index contributed by atoms with van der Waals surface area (Å²) in [6.45, 7) is 1.47. The number of alkyl carbamates (subject to hydrolysis) is 1. The predicted molar refractivity (Wildman–Crippen MR) is 220 cm³/mol. The van der Waals surface area contributed by atoms with Gasteiger partial charge in [-0.1, -0.05) is 93.0 Å². The third kappa shape index (κ3) is 9.56. The zero-order chi connectivity index (χ0) is 46.0. The summed E-state index contributed by atoms with van der Waals surface area (Å²) in [4.78, 5) is 60.6. The van der Waals surface area contributed by atoms with Gasteiger partial charge in [-0.2, -0.15) is 37.0 Å². The molecule has 1 N–H and O–H groups in total. The molecule has 3 heterocycles. The number of aromatic nitrogens is 5. The highest BCUT2D eigenvalue weighted by atomic mass is 35.5. The summed E-state index contributed by atoms with van der Waals surface area (Å²) >= 11 is 6.54. The fourth-order valence-electron chi connectivity index (χ4n) is 7.49. The van der Waals surface area contributed by atoms with Crippen molar-refractivity contribution in [3.05, 3.63) is 119 Å². The van der Waals surface area contributed by atoms with E-state index in [4.69, 9.17) is 31.3 Å². The number of nitrogens with one attached hydrogen (secondary N) is 1. The number of carbonyl (C=O) groups excluding carboxylic acids is 3. The van der Waals surface area contributed by atoms with Crippen LogP contribution in [0.25, 0.3) is 22.5 Å². The molecule has 0 saturated heterocycles. The van der Waals surface area contributed by atoms with Gasteiger partial charge in [0.15, 0.2) is 11.4 Å². The molecule has 7 rings (SSSR count). The van der Waals surface area contributed by atoms with Crippen LogP contribution < -0.4 is 5.32 Å².